The van der Waals surface area contributed by atoms with E-state index in [4.69, 9.17) is 4.74 Å². The molecule has 0 spiro atoms. The lowest BCUT2D eigenvalue weighted by Crippen LogP contribution is -2.46. The standard InChI is InChI=1S/C24H29FN4O3/c1-4-26-24(31)18-5-6-21(19(25)13-18)29-9-7-28(8-10-29)14-17-11-15(2)22-20(12-17)27-23(30)16(3)32-22/h5-6,11-13,16H,4,7-10,14H2,1-3H3,(H,26,31)(H,27,30). The Labute approximate surface area is 187 Å². The fourth-order valence-electron chi connectivity index (χ4n) is 4.23. The van der Waals surface area contributed by atoms with E-state index in [1.165, 1.54) is 6.07 Å². The zero-order valence-electron chi connectivity index (χ0n) is 18.7. The summed E-state index contributed by atoms with van der Waals surface area (Å²) < 4.78 is 20.4. The first-order valence-electron chi connectivity index (χ1n) is 11.0. The number of nitrogens with one attached hydrogen (secondary N) is 2. The number of ether oxygens (including phenoxy) is 1. The molecule has 2 heterocycles. The van der Waals surface area contributed by atoms with Crippen molar-refractivity contribution in [1.82, 2.24) is 10.2 Å². The summed E-state index contributed by atoms with van der Waals surface area (Å²) in [5.74, 6) is -0.0447. The molecule has 0 radical (unpaired) electrons. The molecule has 0 aromatic heterocycles. The molecule has 2 aliphatic rings. The number of hydrogen-bond acceptors (Lipinski definition) is 5. The van der Waals surface area contributed by atoms with Crippen molar-refractivity contribution in [1.29, 1.82) is 0 Å². The number of hydrogen-bond donors (Lipinski definition) is 2. The van der Waals surface area contributed by atoms with E-state index in [9.17, 15) is 14.0 Å². The lowest BCUT2D eigenvalue weighted by atomic mass is 10.1. The molecule has 2 amide bonds. The highest BCUT2D eigenvalue weighted by Gasteiger charge is 2.26. The highest BCUT2D eigenvalue weighted by molar-refractivity contribution is 5.98. The number of halogens is 1. The van der Waals surface area contributed by atoms with E-state index in [1.807, 2.05) is 24.8 Å². The van der Waals surface area contributed by atoms with Crippen molar-refractivity contribution in [3.63, 3.8) is 0 Å². The van der Waals surface area contributed by atoms with Crippen molar-refractivity contribution < 1.29 is 18.7 Å². The summed E-state index contributed by atoms with van der Waals surface area (Å²) in [6.07, 6.45) is -0.490. The van der Waals surface area contributed by atoms with Gasteiger partial charge in [-0.2, -0.15) is 0 Å². The van der Waals surface area contributed by atoms with Crippen molar-refractivity contribution in [2.24, 2.45) is 0 Å². The molecular formula is C24H29FN4O3. The second kappa shape index (κ2) is 9.16. The molecule has 2 aliphatic heterocycles. The van der Waals surface area contributed by atoms with Crippen molar-refractivity contribution in [2.75, 3.05) is 42.9 Å². The van der Waals surface area contributed by atoms with Crippen LogP contribution in [0.4, 0.5) is 15.8 Å². The van der Waals surface area contributed by atoms with Gasteiger partial charge in [0.25, 0.3) is 11.8 Å². The van der Waals surface area contributed by atoms with Crippen LogP contribution in [0.15, 0.2) is 30.3 Å². The lowest BCUT2D eigenvalue weighted by Gasteiger charge is -2.36. The minimum absolute atomic E-state index is 0.136. The second-order valence-electron chi connectivity index (χ2n) is 8.33. The van der Waals surface area contributed by atoms with Crippen molar-refractivity contribution in [2.45, 2.75) is 33.4 Å². The summed E-state index contributed by atoms with van der Waals surface area (Å²) in [5.41, 5.74) is 3.68. The Kier molecular flexibility index (Phi) is 6.32. The van der Waals surface area contributed by atoms with E-state index in [1.54, 1.807) is 19.1 Å². The van der Waals surface area contributed by atoms with Crippen LogP contribution >= 0.6 is 0 Å². The summed E-state index contributed by atoms with van der Waals surface area (Å²) in [6.45, 7) is 9.76. The van der Waals surface area contributed by atoms with Crippen LogP contribution < -0.4 is 20.3 Å². The number of aryl methyl sites for hydroxylation is 1. The Bertz CT molecular complexity index is 1030. The van der Waals surface area contributed by atoms with E-state index in [2.05, 4.69) is 21.6 Å². The molecule has 32 heavy (non-hydrogen) atoms. The second-order valence-corrected chi connectivity index (χ2v) is 8.33. The van der Waals surface area contributed by atoms with Crippen molar-refractivity contribution in [3.8, 4) is 5.75 Å². The molecule has 8 heteroatoms. The van der Waals surface area contributed by atoms with Crippen LogP contribution in [-0.2, 0) is 11.3 Å². The summed E-state index contributed by atoms with van der Waals surface area (Å²) >= 11 is 0. The van der Waals surface area contributed by atoms with Crippen LogP contribution in [0.1, 0.15) is 35.3 Å². The minimum Gasteiger partial charge on any atom is -0.478 e. The maximum Gasteiger partial charge on any atom is 0.265 e. The van der Waals surface area contributed by atoms with E-state index >= 15 is 0 Å². The molecule has 2 N–H and O–H groups in total. The Morgan fingerprint density at radius 3 is 2.66 bits per heavy atom. The maximum atomic E-state index is 14.7. The number of amides is 2. The third-order valence-electron chi connectivity index (χ3n) is 5.92. The van der Waals surface area contributed by atoms with Gasteiger partial charge in [0, 0.05) is 44.8 Å². The smallest absolute Gasteiger partial charge is 0.265 e. The number of fused-ring (bicyclic) bond motifs is 1. The number of rotatable bonds is 5. The van der Waals surface area contributed by atoms with Gasteiger partial charge < -0.3 is 20.3 Å². The lowest BCUT2D eigenvalue weighted by molar-refractivity contribution is -0.122. The number of nitrogens with zero attached hydrogens (tertiary/aromatic N) is 2. The summed E-state index contributed by atoms with van der Waals surface area (Å²) in [7, 11) is 0. The van der Waals surface area contributed by atoms with E-state index < -0.39 is 6.10 Å². The molecular weight excluding hydrogens is 411 g/mol. The normalized spacial score (nSPS) is 18.6. The predicted molar refractivity (Wildman–Crippen MR) is 122 cm³/mol. The molecule has 170 valence electrons. The van der Waals surface area contributed by atoms with Crippen molar-refractivity contribution >= 4 is 23.2 Å². The van der Waals surface area contributed by atoms with Crippen LogP contribution in [0, 0.1) is 12.7 Å². The zero-order chi connectivity index (χ0) is 22.8. The monoisotopic (exact) mass is 440 g/mol. The quantitative estimate of drug-likeness (QED) is 0.748. The molecule has 7 nitrogen and oxygen atoms in total. The highest BCUT2D eigenvalue weighted by atomic mass is 19.1. The summed E-state index contributed by atoms with van der Waals surface area (Å²) in [4.78, 5) is 28.2. The molecule has 0 bridgehead atoms. The van der Waals surface area contributed by atoms with Gasteiger partial charge >= 0.3 is 0 Å². The van der Waals surface area contributed by atoms with Gasteiger partial charge in [0.1, 0.15) is 11.6 Å². The summed E-state index contributed by atoms with van der Waals surface area (Å²) in [6, 6.07) is 8.72. The van der Waals surface area contributed by atoms with Gasteiger partial charge in [-0.1, -0.05) is 6.07 Å². The maximum absolute atomic E-state index is 14.7. The van der Waals surface area contributed by atoms with Crippen LogP contribution in [0.5, 0.6) is 5.75 Å². The molecule has 2 aromatic rings. The zero-order valence-corrected chi connectivity index (χ0v) is 18.7. The first-order valence-corrected chi connectivity index (χ1v) is 11.0. The van der Waals surface area contributed by atoms with Crippen LogP contribution in [-0.4, -0.2) is 55.5 Å². The largest absolute Gasteiger partial charge is 0.478 e. The molecule has 2 aromatic carbocycles. The number of carbonyl (C=O) groups is 2. The van der Waals surface area contributed by atoms with Gasteiger partial charge in [-0.25, -0.2) is 4.39 Å². The average Bonchev–Trinajstić information content (AvgIpc) is 2.76. The first kappa shape index (κ1) is 22.1. The van der Waals surface area contributed by atoms with Gasteiger partial charge in [-0.15, -0.1) is 0 Å². The molecule has 4 rings (SSSR count). The molecule has 0 aliphatic carbocycles. The summed E-state index contributed by atoms with van der Waals surface area (Å²) in [5, 5.41) is 5.61. The Morgan fingerprint density at radius 1 is 1.22 bits per heavy atom. The number of carbonyl (C=O) groups excluding carboxylic acids is 2. The SMILES string of the molecule is CCNC(=O)c1ccc(N2CCN(Cc3cc(C)c4c(c3)NC(=O)C(C)O4)CC2)c(F)c1. The molecule has 1 unspecified atom stereocenters. The molecule has 1 saturated heterocycles. The van der Waals surface area contributed by atoms with Gasteiger partial charge in [0.05, 0.1) is 11.4 Å². The molecule has 0 saturated carbocycles. The Morgan fingerprint density at radius 2 is 1.97 bits per heavy atom. The van der Waals surface area contributed by atoms with Gasteiger partial charge in [0.2, 0.25) is 0 Å². The fourth-order valence-corrected chi connectivity index (χ4v) is 4.23. The van der Waals surface area contributed by atoms with E-state index in [-0.39, 0.29) is 17.6 Å². The third kappa shape index (κ3) is 4.55. The molecule has 1 fully saturated rings. The van der Waals surface area contributed by atoms with Crippen molar-refractivity contribution in [3.05, 3.63) is 52.8 Å². The first-order chi connectivity index (χ1) is 15.4. The topological polar surface area (TPSA) is 73.9 Å². The van der Waals surface area contributed by atoms with Crippen LogP contribution in [0.3, 0.4) is 0 Å². The van der Waals surface area contributed by atoms with Gasteiger partial charge in [-0.3, -0.25) is 14.5 Å². The van der Waals surface area contributed by atoms with E-state index in [0.29, 0.717) is 30.9 Å². The Hall–Kier alpha value is -3.13. The third-order valence-corrected chi connectivity index (χ3v) is 5.92. The molecule has 1 atom stereocenters. The Balaban J connectivity index is 1.39. The average molecular weight is 441 g/mol. The number of piperazine rings is 1. The van der Waals surface area contributed by atoms with E-state index in [0.717, 1.165) is 42.2 Å². The van der Waals surface area contributed by atoms with Crippen LogP contribution in [0.2, 0.25) is 0 Å². The highest BCUT2D eigenvalue weighted by Crippen LogP contribution is 2.34. The predicted octanol–water partition coefficient (Wildman–Crippen LogP) is 2.93. The van der Waals surface area contributed by atoms with Gasteiger partial charge in [0.15, 0.2) is 6.10 Å². The van der Waals surface area contributed by atoms with Gasteiger partial charge in [-0.05, 0) is 56.2 Å². The minimum atomic E-state index is -0.490. The fraction of sp³-hybridized carbons (Fsp3) is 0.417. The number of benzene rings is 2. The van der Waals surface area contributed by atoms with Crippen LogP contribution in [0.25, 0.3) is 0 Å². The number of anilines is 2.